The van der Waals surface area contributed by atoms with E-state index in [0.29, 0.717) is 6.42 Å². The van der Waals surface area contributed by atoms with Crippen LogP contribution in [0, 0.1) is 0 Å². The van der Waals surface area contributed by atoms with Crippen molar-refractivity contribution in [3.05, 3.63) is 35.4 Å². The fraction of sp³-hybridized carbons (Fsp3) is 0.533. The van der Waals surface area contributed by atoms with E-state index in [9.17, 15) is 4.79 Å². The van der Waals surface area contributed by atoms with Gasteiger partial charge in [0.15, 0.2) is 0 Å². The first-order valence-electron chi connectivity index (χ1n) is 6.77. The Morgan fingerprint density at radius 2 is 2.11 bits per heavy atom. The van der Waals surface area contributed by atoms with E-state index in [4.69, 9.17) is 5.73 Å². The number of rotatable bonds is 3. The molecule has 1 heterocycles. The Balaban J connectivity index is 2.01. The van der Waals surface area contributed by atoms with Gasteiger partial charge in [-0.05, 0) is 37.3 Å². The zero-order chi connectivity index (χ0) is 13.0. The van der Waals surface area contributed by atoms with Gasteiger partial charge >= 0.3 is 0 Å². The molecule has 18 heavy (non-hydrogen) atoms. The van der Waals surface area contributed by atoms with Gasteiger partial charge in [-0.25, -0.2) is 0 Å². The summed E-state index contributed by atoms with van der Waals surface area (Å²) in [4.78, 5) is 14.1. The molecule has 1 aromatic carbocycles. The van der Waals surface area contributed by atoms with Crippen molar-refractivity contribution < 1.29 is 4.79 Å². The molecule has 0 fully saturated rings. The third-order valence-electron chi connectivity index (χ3n) is 3.52. The molecule has 0 saturated heterocycles. The minimum absolute atomic E-state index is 0.105. The highest BCUT2D eigenvalue weighted by Gasteiger charge is 2.18. The molecule has 2 N–H and O–H groups in total. The predicted octanol–water partition coefficient (Wildman–Crippen LogP) is 2.09. The summed E-state index contributed by atoms with van der Waals surface area (Å²) in [6.45, 7) is 3.57. The van der Waals surface area contributed by atoms with E-state index in [-0.39, 0.29) is 11.9 Å². The maximum absolute atomic E-state index is 12.1. The SMILES string of the molecule is CC(N)CCC(=O)N1CCCc2ccccc2C1. The maximum Gasteiger partial charge on any atom is 0.222 e. The minimum atomic E-state index is 0.105. The fourth-order valence-corrected chi connectivity index (χ4v) is 2.42. The number of fused-ring (bicyclic) bond motifs is 1. The van der Waals surface area contributed by atoms with Gasteiger partial charge in [0.05, 0.1) is 0 Å². The van der Waals surface area contributed by atoms with E-state index in [1.54, 1.807) is 0 Å². The molecular formula is C15H22N2O. The second-order valence-corrected chi connectivity index (χ2v) is 5.20. The van der Waals surface area contributed by atoms with E-state index in [0.717, 1.165) is 32.4 Å². The monoisotopic (exact) mass is 246 g/mol. The average molecular weight is 246 g/mol. The molecule has 3 heteroatoms. The molecule has 0 saturated carbocycles. The Kier molecular flexibility index (Phi) is 4.37. The molecule has 98 valence electrons. The summed E-state index contributed by atoms with van der Waals surface area (Å²) >= 11 is 0. The van der Waals surface area contributed by atoms with Gasteiger partial charge < -0.3 is 10.6 Å². The van der Waals surface area contributed by atoms with Crippen LogP contribution in [0.15, 0.2) is 24.3 Å². The third-order valence-corrected chi connectivity index (χ3v) is 3.52. The van der Waals surface area contributed by atoms with E-state index < -0.39 is 0 Å². The number of nitrogens with zero attached hydrogens (tertiary/aromatic N) is 1. The summed E-state index contributed by atoms with van der Waals surface area (Å²) < 4.78 is 0. The van der Waals surface area contributed by atoms with Gasteiger partial charge in [0.1, 0.15) is 0 Å². The second-order valence-electron chi connectivity index (χ2n) is 5.20. The lowest BCUT2D eigenvalue weighted by atomic mass is 10.0. The van der Waals surface area contributed by atoms with Crippen molar-refractivity contribution in [1.29, 1.82) is 0 Å². The van der Waals surface area contributed by atoms with Gasteiger partial charge in [-0.15, -0.1) is 0 Å². The molecule has 0 aromatic heterocycles. The van der Waals surface area contributed by atoms with Crippen LogP contribution in [-0.4, -0.2) is 23.4 Å². The van der Waals surface area contributed by atoms with Gasteiger partial charge in [-0.2, -0.15) is 0 Å². The highest BCUT2D eigenvalue weighted by molar-refractivity contribution is 5.76. The summed E-state index contributed by atoms with van der Waals surface area (Å²) in [6.07, 6.45) is 3.48. The maximum atomic E-state index is 12.1. The molecule has 0 radical (unpaired) electrons. The first-order chi connectivity index (χ1) is 8.66. The molecule has 1 amide bonds. The standard InChI is InChI=1S/C15H22N2O/c1-12(16)8-9-15(18)17-10-4-7-13-5-2-3-6-14(13)11-17/h2-3,5-6,12H,4,7-11,16H2,1H3. The van der Waals surface area contributed by atoms with Gasteiger partial charge in [-0.3, -0.25) is 4.79 Å². The molecule has 1 aliphatic rings. The molecule has 1 unspecified atom stereocenters. The summed E-state index contributed by atoms with van der Waals surface area (Å²) in [5, 5.41) is 0. The van der Waals surface area contributed by atoms with Crippen molar-refractivity contribution in [1.82, 2.24) is 4.90 Å². The minimum Gasteiger partial charge on any atom is -0.338 e. The highest BCUT2D eigenvalue weighted by atomic mass is 16.2. The highest BCUT2D eigenvalue weighted by Crippen LogP contribution is 2.19. The van der Waals surface area contributed by atoms with E-state index in [1.807, 2.05) is 11.8 Å². The molecule has 0 bridgehead atoms. The predicted molar refractivity (Wildman–Crippen MR) is 73.1 cm³/mol. The van der Waals surface area contributed by atoms with Gasteiger partial charge in [0.2, 0.25) is 5.91 Å². The molecular weight excluding hydrogens is 224 g/mol. The number of nitrogens with two attached hydrogens (primary N) is 1. The summed E-state index contributed by atoms with van der Waals surface area (Å²) in [5.41, 5.74) is 8.39. The fourth-order valence-electron chi connectivity index (χ4n) is 2.42. The van der Waals surface area contributed by atoms with E-state index >= 15 is 0 Å². The van der Waals surface area contributed by atoms with Crippen LogP contribution in [0.25, 0.3) is 0 Å². The van der Waals surface area contributed by atoms with Gasteiger partial charge in [0, 0.05) is 25.6 Å². The van der Waals surface area contributed by atoms with Gasteiger partial charge in [-0.1, -0.05) is 24.3 Å². The first-order valence-corrected chi connectivity index (χ1v) is 6.77. The van der Waals surface area contributed by atoms with Crippen molar-refractivity contribution in [3.8, 4) is 0 Å². The Morgan fingerprint density at radius 3 is 2.83 bits per heavy atom. The Morgan fingerprint density at radius 1 is 1.39 bits per heavy atom. The molecule has 1 aliphatic heterocycles. The zero-order valence-corrected chi connectivity index (χ0v) is 11.1. The molecule has 1 atom stereocenters. The first kappa shape index (κ1) is 13.1. The largest absolute Gasteiger partial charge is 0.338 e. The van der Waals surface area contributed by atoms with Crippen molar-refractivity contribution >= 4 is 5.91 Å². The normalized spacial score (nSPS) is 16.9. The van der Waals surface area contributed by atoms with E-state index in [1.165, 1.54) is 11.1 Å². The molecule has 0 spiro atoms. The van der Waals surface area contributed by atoms with Crippen molar-refractivity contribution in [2.75, 3.05) is 6.54 Å². The lowest BCUT2D eigenvalue weighted by Crippen LogP contribution is -2.31. The summed E-state index contributed by atoms with van der Waals surface area (Å²) in [6, 6.07) is 8.53. The van der Waals surface area contributed by atoms with Crippen LogP contribution < -0.4 is 5.73 Å². The third kappa shape index (κ3) is 3.33. The van der Waals surface area contributed by atoms with Crippen LogP contribution in [0.2, 0.25) is 0 Å². The number of aryl methyl sites for hydroxylation is 1. The topological polar surface area (TPSA) is 46.3 Å². The quantitative estimate of drug-likeness (QED) is 0.887. The molecule has 3 nitrogen and oxygen atoms in total. The molecule has 1 aromatic rings. The van der Waals surface area contributed by atoms with Crippen LogP contribution in [0.5, 0.6) is 0 Å². The smallest absolute Gasteiger partial charge is 0.222 e. The summed E-state index contributed by atoms with van der Waals surface area (Å²) in [7, 11) is 0. The molecule has 2 rings (SSSR count). The number of carbonyl (C=O) groups is 1. The van der Waals surface area contributed by atoms with Crippen LogP contribution in [0.3, 0.4) is 0 Å². The van der Waals surface area contributed by atoms with Crippen LogP contribution in [0.1, 0.15) is 37.3 Å². The lowest BCUT2D eigenvalue weighted by molar-refractivity contribution is -0.132. The van der Waals surface area contributed by atoms with Gasteiger partial charge in [0.25, 0.3) is 0 Å². The number of carbonyl (C=O) groups excluding carboxylic acids is 1. The zero-order valence-electron chi connectivity index (χ0n) is 11.1. The van der Waals surface area contributed by atoms with Crippen LogP contribution >= 0.6 is 0 Å². The Bertz CT molecular complexity index is 415. The summed E-state index contributed by atoms with van der Waals surface area (Å²) in [5.74, 6) is 0.240. The van der Waals surface area contributed by atoms with Crippen LogP contribution in [-0.2, 0) is 17.8 Å². The number of hydrogen-bond donors (Lipinski definition) is 1. The van der Waals surface area contributed by atoms with Crippen LogP contribution in [0.4, 0.5) is 0 Å². The van der Waals surface area contributed by atoms with Crippen molar-refractivity contribution in [2.24, 2.45) is 5.73 Å². The van der Waals surface area contributed by atoms with Crippen molar-refractivity contribution in [2.45, 2.75) is 45.2 Å². The average Bonchev–Trinajstić information content (AvgIpc) is 2.57. The Labute approximate surface area is 109 Å². The Hall–Kier alpha value is -1.35. The number of benzene rings is 1. The number of hydrogen-bond acceptors (Lipinski definition) is 2. The molecule has 0 aliphatic carbocycles. The van der Waals surface area contributed by atoms with Crippen molar-refractivity contribution in [3.63, 3.8) is 0 Å². The second kappa shape index (κ2) is 6.01. The van der Waals surface area contributed by atoms with E-state index in [2.05, 4.69) is 24.3 Å². The lowest BCUT2D eigenvalue weighted by Gasteiger charge is -2.21. The number of amides is 1.